The van der Waals surface area contributed by atoms with E-state index in [0.717, 1.165) is 66.8 Å². The maximum Gasteiger partial charge on any atom is 0.143 e. The molecule has 0 saturated carbocycles. The summed E-state index contributed by atoms with van der Waals surface area (Å²) in [5.74, 6) is 0. The van der Waals surface area contributed by atoms with Gasteiger partial charge in [0, 0.05) is 49.6 Å². The quantitative estimate of drug-likeness (QED) is 0.152. The molecule has 0 saturated heterocycles. The van der Waals surface area contributed by atoms with Crippen LogP contribution in [-0.2, 0) is 0 Å². The van der Waals surface area contributed by atoms with Gasteiger partial charge in [-0.3, -0.25) is 0 Å². The molecule has 0 atom stereocenters. The second kappa shape index (κ2) is 16.0. The molecule has 2 aromatic heterocycles. The lowest BCUT2D eigenvalue weighted by atomic mass is 9.97. The van der Waals surface area contributed by atoms with Crippen LogP contribution >= 0.6 is 0 Å². The highest BCUT2D eigenvalue weighted by molar-refractivity contribution is 6.11. The lowest BCUT2D eigenvalue weighted by Gasteiger charge is -2.28. The maximum absolute atomic E-state index is 6.46. The average molecular weight is 855 g/mol. The van der Waals surface area contributed by atoms with Crippen molar-refractivity contribution in [3.63, 3.8) is 0 Å². The number of benzene rings is 11. The lowest BCUT2D eigenvalue weighted by molar-refractivity contribution is 0.670. The summed E-state index contributed by atoms with van der Waals surface area (Å²) in [6.07, 6.45) is 0. The third kappa shape index (κ3) is 6.59. The number of fused-ring (bicyclic) bond motifs is 7. The molecular weight excluding hydrogens is 813 g/mol. The second-order valence-corrected chi connectivity index (χ2v) is 17.3. The van der Waals surface area contributed by atoms with Crippen LogP contribution in [0.1, 0.15) is 0 Å². The third-order valence-corrected chi connectivity index (χ3v) is 13.4. The zero-order chi connectivity index (χ0) is 44.3. The zero-order valence-corrected chi connectivity index (χ0v) is 36.6. The van der Waals surface area contributed by atoms with Crippen LogP contribution in [0.3, 0.4) is 0 Å². The van der Waals surface area contributed by atoms with Gasteiger partial charge in [-0.15, -0.1) is 0 Å². The normalized spacial score (nSPS) is 11.6. The van der Waals surface area contributed by atoms with Gasteiger partial charge in [0.15, 0.2) is 0 Å². The molecule has 67 heavy (non-hydrogen) atoms. The molecule has 0 N–H and O–H groups in total. The Morgan fingerprint density at radius 2 is 0.806 bits per heavy atom. The van der Waals surface area contributed by atoms with Crippen LogP contribution in [0.15, 0.2) is 259 Å². The van der Waals surface area contributed by atoms with Crippen molar-refractivity contribution in [1.29, 1.82) is 0 Å². The summed E-state index contributed by atoms with van der Waals surface area (Å²) in [6.45, 7) is 0. The van der Waals surface area contributed by atoms with Crippen LogP contribution in [0.4, 0.5) is 17.1 Å². The van der Waals surface area contributed by atoms with E-state index in [-0.39, 0.29) is 0 Å². The number of hydrogen-bond acceptors (Lipinski definition) is 2. The first-order valence-corrected chi connectivity index (χ1v) is 22.9. The Morgan fingerprint density at radius 1 is 0.313 bits per heavy atom. The van der Waals surface area contributed by atoms with Gasteiger partial charge >= 0.3 is 0 Å². The number of anilines is 3. The molecule has 314 valence electrons. The Morgan fingerprint density at radius 3 is 1.54 bits per heavy atom. The Kier molecular flexibility index (Phi) is 9.17. The molecule has 0 spiro atoms. The van der Waals surface area contributed by atoms with Gasteiger partial charge < -0.3 is 13.9 Å². The molecule has 0 aliphatic rings. The Labute approximate surface area is 388 Å². The Hall–Kier alpha value is -8.92. The standard InChI is InChI=1S/C64H42N2O/c1-2-15-48-42-49(33-30-43(48)14-1)53-17-4-8-23-59(53)65(51-40-36-47(37-41-51)54-21-13-22-58-57-20-7-12-27-63(57)67-64(54)58)50-38-34-45(35-39-50)44-28-31-46(32-29-44)52-16-3-9-24-60(52)66-61-25-10-5-18-55(61)56-19-6-11-26-62(56)66/h1-42H. The summed E-state index contributed by atoms with van der Waals surface area (Å²) < 4.78 is 8.87. The van der Waals surface area contributed by atoms with Gasteiger partial charge in [-0.1, -0.05) is 194 Å². The van der Waals surface area contributed by atoms with Gasteiger partial charge in [0.2, 0.25) is 0 Å². The summed E-state index contributed by atoms with van der Waals surface area (Å²) in [7, 11) is 0. The van der Waals surface area contributed by atoms with Crippen LogP contribution in [-0.4, -0.2) is 4.57 Å². The van der Waals surface area contributed by atoms with Crippen molar-refractivity contribution in [1.82, 2.24) is 4.57 Å². The van der Waals surface area contributed by atoms with Crippen LogP contribution in [0, 0.1) is 0 Å². The molecule has 13 aromatic rings. The van der Waals surface area contributed by atoms with Crippen LogP contribution < -0.4 is 4.90 Å². The van der Waals surface area contributed by atoms with E-state index < -0.39 is 0 Å². The number of nitrogens with zero attached hydrogens (tertiary/aromatic N) is 2. The molecule has 0 aliphatic carbocycles. The van der Waals surface area contributed by atoms with Crippen molar-refractivity contribution in [2.45, 2.75) is 0 Å². The molecular formula is C64H42N2O. The first-order valence-electron chi connectivity index (χ1n) is 22.9. The van der Waals surface area contributed by atoms with E-state index in [4.69, 9.17) is 4.42 Å². The number of rotatable bonds is 8. The summed E-state index contributed by atoms with van der Waals surface area (Å²) in [6, 6.07) is 91.9. The number of para-hydroxylation sites is 6. The van der Waals surface area contributed by atoms with E-state index in [1.165, 1.54) is 55.0 Å². The molecule has 11 aromatic carbocycles. The molecule has 0 radical (unpaired) electrons. The largest absolute Gasteiger partial charge is 0.455 e. The van der Waals surface area contributed by atoms with E-state index in [9.17, 15) is 0 Å². The van der Waals surface area contributed by atoms with Crippen LogP contribution in [0.2, 0.25) is 0 Å². The van der Waals surface area contributed by atoms with Gasteiger partial charge in [-0.05, 0) is 99.3 Å². The van der Waals surface area contributed by atoms with Gasteiger partial charge in [0.1, 0.15) is 11.2 Å². The summed E-state index contributed by atoms with van der Waals surface area (Å²) in [4.78, 5) is 2.38. The topological polar surface area (TPSA) is 21.3 Å². The summed E-state index contributed by atoms with van der Waals surface area (Å²) in [5.41, 5.74) is 17.8. The highest BCUT2D eigenvalue weighted by atomic mass is 16.3. The minimum absolute atomic E-state index is 0.901. The van der Waals surface area contributed by atoms with E-state index in [1.807, 2.05) is 12.1 Å². The molecule has 2 heterocycles. The predicted molar refractivity (Wildman–Crippen MR) is 282 cm³/mol. The van der Waals surface area contributed by atoms with Crippen molar-refractivity contribution in [3.05, 3.63) is 255 Å². The number of hydrogen-bond donors (Lipinski definition) is 0. The second-order valence-electron chi connectivity index (χ2n) is 17.3. The average Bonchev–Trinajstić information content (AvgIpc) is 3.95. The predicted octanol–water partition coefficient (Wildman–Crippen LogP) is 18.0. The lowest BCUT2D eigenvalue weighted by Crippen LogP contribution is -2.11. The molecule has 0 fully saturated rings. The van der Waals surface area contributed by atoms with Crippen molar-refractivity contribution in [2.75, 3.05) is 4.90 Å². The monoisotopic (exact) mass is 854 g/mol. The fraction of sp³-hybridized carbons (Fsp3) is 0. The van der Waals surface area contributed by atoms with E-state index in [0.29, 0.717) is 0 Å². The molecule has 0 unspecified atom stereocenters. The SMILES string of the molecule is c1ccc(N(c2ccc(-c3ccc(-c4ccccc4-n4c5ccccc5c5ccccc54)cc3)cc2)c2ccc(-c3cccc4c3oc3ccccc34)cc2)c(-c2ccc3ccccc3c2)c1. The highest BCUT2D eigenvalue weighted by Crippen LogP contribution is 2.44. The fourth-order valence-electron chi connectivity index (χ4n) is 10.2. The maximum atomic E-state index is 6.46. The highest BCUT2D eigenvalue weighted by Gasteiger charge is 2.20. The van der Waals surface area contributed by atoms with Crippen molar-refractivity contribution < 1.29 is 4.42 Å². The first kappa shape index (κ1) is 38.5. The van der Waals surface area contributed by atoms with Crippen molar-refractivity contribution in [3.8, 4) is 50.2 Å². The fourth-order valence-corrected chi connectivity index (χ4v) is 10.2. The number of furan rings is 1. The zero-order valence-electron chi connectivity index (χ0n) is 36.6. The molecule has 13 rings (SSSR count). The van der Waals surface area contributed by atoms with Crippen LogP contribution in [0.25, 0.3) is 105 Å². The van der Waals surface area contributed by atoms with E-state index in [1.54, 1.807) is 0 Å². The Balaban J connectivity index is 0.878. The van der Waals surface area contributed by atoms with E-state index >= 15 is 0 Å². The van der Waals surface area contributed by atoms with Gasteiger partial charge in [-0.2, -0.15) is 0 Å². The van der Waals surface area contributed by atoms with Crippen molar-refractivity contribution in [2.24, 2.45) is 0 Å². The van der Waals surface area contributed by atoms with Gasteiger partial charge in [-0.25, -0.2) is 0 Å². The molecule has 0 aliphatic heterocycles. The molecule has 3 nitrogen and oxygen atoms in total. The van der Waals surface area contributed by atoms with Crippen molar-refractivity contribution >= 4 is 71.6 Å². The van der Waals surface area contributed by atoms with Crippen LogP contribution in [0.5, 0.6) is 0 Å². The van der Waals surface area contributed by atoms with Gasteiger partial charge in [0.25, 0.3) is 0 Å². The first-order chi connectivity index (χ1) is 33.2. The molecule has 0 amide bonds. The van der Waals surface area contributed by atoms with E-state index in [2.05, 4.69) is 252 Å². The minimum Gasteiger partial charge on any atom is -0.455 e. The third-order valence-electron chi connectivity index (χ3n) is 13.4. The van der Waals surface area contributed by atoms with Gasteiger partial charge in [0.05, 0.1) is 22.4 Å². The summed E-state index contributed by atoms with van der Waals surface area (Å²) in [5, 5.41) is 7.23. The minimum atomic E-state index is 0.901. The molecule has 0 bridgehead atoms. The summed E-state index contributed by atoms with van der Waals surface area (Å²) >= 11 is 0. The molecule has 3 heteroatoms. The Bertz CT molecular complexity index is 3920. The smallest absolute Gasteiger partial charge is 0.143 e. The number of aromatic nitrogens is 1.